The van der Waals surface area contributed by atoms with Crippen molar-refractivity contribution in [2.24, 2.45) is 5.92 Å². The quantitative estimate of drug-likeness (QED) is 0.611. The zero-order chi connectivity index (χ0) is 24.4. The summed E-state index contributed by atoms with van der Waals surface area (Å²) in [5, 5.41) is 11.8. The van der Waals surface area contributed by atoms with Crippen molar-refractivity contribution in [1.82, 2.24) is 20.1 Å². The Morgan fingerprint density at radius 2 is 1.83 bits per heavy atom. The molecule has 2 aromatic heterocycles. The SMILES string of the molecule is Cc1ccc(N2CC(C(=O)N3CCN(c4ccc(Nc5cccnc5)nn4)CC3)CC2=O)cc1C. The first-order valence-electron chi connectivity index (χ1n) is 11.9. The summed E-state index contributed by atoms with van der Waals surface area (Å²) in [6, 6.07) is 13.6. The van der Waals surface area contributed by atoms with Crippen molar-refractivity contribution in [3.05, 3.63) is 66.0 Å². The highest BCUT2D eigenvalue weighted by molar-refractivity contribution is 6.00. The maximum Gasteiger partial charge on any atom is 0.228 e. The van der Waals surface area contributed by atoms with Crippen LogP contribution in [0.1, 0.15) is 17.5 Å². The fraction of sp³-hybridized carbons (Fsp3) is 0.346. The second-order valence-electron chi connectivity index (χ2n) is 9.13. The van der Waals surface area contributed by atoms with Gasteiger partial charge in [-0.25, -0.2) is 0 Å². The summed E-state index contributed by atoms with van der Waals surface area (Å²) >= 11 is 0. The molecule has 1 N–H and O–H groups in total. The lowest BCUT2D eigenvalue weighted by Crippen LogP contribution is -2.51. The van der Waals surface area contributed by atoms with Gasteiger partial charge >= 0.3 is 0 Å². The first-order valence-corrected chi connectivity index (χ1v) is 11.9. The monoisotopic (exact) mass is 471 g/mol. The molecular formula is C26H29N7O2. The number of pyridine rings is 1. The van der Waals surface area contributed by atoms with Gasteiger partial charge < -0.3 is 20.0 Å². The Hall–Kier alpha value is -4.01. The van der Waals surface area contributed by atoms with Crippen molar-refractivity contribution < 1.29 is 9.59 Å². The minimum absolute atomic E-state index is 0.0143. The molecule has 1 unspecified atom stereocenters. The van der Waals surface area contributed by atoms with Crippen molar-refractivity contribution in [2.45, 2.75) is 20.3 Å². The molecule has 9 nitrogen and oxygen atoms in total. The highest BCUT2D eigenvalue weighted by Gasteiger charge is 2.38. The number of anilines is 4. The highest BCUT2D eigenvalue weighted by atomic mass is 16.2. The Balaban J connectivity index is 1.15. The van der Waals surface area contributed by atoms with E-state index < -0.39 is 0 Å². The summed E-state index contributed by atoms with van der Waals surface area (Å²) in [6.07, 6.45) is 3.71. The van der Waals surface area contributed by atoms with Gasteiger partial charge in [-0.15, -0.1) is 10.2 Å². The zero-order valence-corrected chi connectivity index (χ0v) is 20.0. The normalized spacial score (nSPS) is 18.2. The molecule has 0 saturated carbocycles. The Kier molecular flexibility index (Phi) is 6.31. The van der Waals surface area contributed by atoms with Crippen molar-refractivity contribution in [3.63, 3.8) is 0 Å². The minimum atomic E-state index is -0.298. The van der Waals surface area contributed by atoms with Crippen LogP contribution >= 0.6 is 0 Å². The summed E-state index contributed by atoms with van der Waals surface area (Å²) in [5.41, 5.74) is 4.06. The fourth-order valence-corrected chi connectivity index (χ4v) is 4.58. The van der Waals surface area contributed by atoms with Gasteiger partial charge in [-0.05, 0) is 61.4 Å². The zero-order valence-electron chi connectivity index (χ0n) is 20.0. The molecule has 0 radical (unpaired) electrons. The number of hydrogen-bond donors (Lipinski definition) is 1. The molecule has 4 heterocycles. The van der Waals surface area contributed by atoms with E-state index in [1.165, 1.54) is 5.56 Å². The van der Waals surface area contributed by atoms with Crippen LogP contribution in [0.5, 0.6) is 0 Å². The Labute approximate surface area is 204 Å². The van der Waals surface area contributed by atoms with Crippen LogP contribution in [0.4, 0.5) is 23.0 Å². The van der Waals surface area contributed by atoms with Crippen molar-refractivity contribution in [1.29, 1.82) is 0 Å². The molecule has 2 aliphatic rings. The second kappa shape index (κ2) is 9.69. The molecule has 1 aromatic carbocycles. The molecule has 0 aliphatic carbocycles. The van der Waals surface area contributed by atoms with E-state index in [1.54, 1.807) is 17.3 Å². The highest BCUT2D eigenvalue weighted by Crippen LogP contribution is 2.28. The van der Waals surface area contributed by atoms with Crippen molar-refractivity contribution in [3.8, 4) is 0 Å². The van der Waals surface area contributed by atoms with Gasteiger partial charge in [0.1, 0.15) is 0 Å². The van der Waals surface area contributed by atoms with Gasteiger partial charge in [-0.3, -0.25) is 14.6 Å². The van der Waals surface area contributed by atoms with E-state index in [-0.39, 0.29) is 24.2 Å². The van der Waals surface area contributed by atoms with Gasteiger partial charge in [0.05, 0.1) is 17.8 Å². The minimum Gasteiger partial charge on any atom is -0.352 e. The van der Waals surface area contributed by atoms with Gasteiger partial charge in [0.15, 0.2) is 11.6 Å². The van der Waals surface area contributed by atoms with E-state index in [9.17, 15) is 9.59 Å². The van der Waals surface area contributed by atoms with Crippen LogP contribution in [0, 0.1) is 19.8 Å². The largest absolute Gasteiger partial charge is 0.352 e. The lowest BCUT2D eigenvalue weighted by molar-refractivity contribution is -0.136. The number of carbonyl (C=O) groups excluding carboxylic acids is 2. The van der Waals surface area contributed by atoms with Crippen LogP contribution in [-0.4, -0.2) is 64.6 Å². The predicted molar refractivity (Wildman–Crippen MR) is 135 cm³/mol. The van der Waals surface area contributed by atoms with Gasteiger partial charge in [-0.2, -0.15) is 0 Å². The molecule has 1 atom stereocenters. The van der Waals surface area contributed by atoms with Crippen LogP contribution in [0.25, 0.3) is 0 Å². The van der Waals surface area contributed by atoms with Gasteiger partial charge in [0.2, 0.25) is 11.8 Å². The Bertz CT molecular complexity index is 1210. The maximum atomic E-state index is 13.2. The number of amides is 2. The number of nitrogens with zero attached hydrogens (tertiary/aromatic N) is 6. The molecule has 180 valence electrons. The van der Waals surface area contributed by atoms with Crippen molar-refractivity contribution >= 4 is 34.8 Å². The van der Waals surface area contributed by atoms with E-state index in [1.807, 2.05) is 54.3 Å². The lowest BCUT2D eigenvalue weighted by atomic mass is 10.1. The van der Waals surface area contributed by atoms with E-state index in [2.05, 4.69) is 32.3 Å². The van der Waals surface area contributed by atoms with Gasteiger partial charge in [0.25, 0.3) is 0 Å². The molecule has 3 aromatic rings. The number of benzene rings is 1. The summed E-state index contributed by atoms with van der Waals surface area (Å²) < 4.78 is 0. The maximum absolute atomic E-state index is 13.2. The third-order valence-electron chi connectivity index (χ3n) is 6.78. The summed E-state index contributed by atoms with van der Waals surface area (Å²) in [4.78, 5) is 35.7. The molecule has 0 bridgehead atoms. The number of carbonyl (C=O) groups is 2. The first kappa shape index (κ1) is 22.8. The van der Waals surface area contributed by atoms with Crippen LogP contribution in [0.3, 0.4) is 0 Å². The lowest BCUT2D eigenvalue weighted by Gasteiger charge is -2.36. The van der Waals surface area contributed by atoms with Crippen LogP contribution < -0.4 is 15.1 Å². The van der Waals surface area contributed by atoms with E-state index in [4.69, 9.17) is 0 Å². The average Bonchev–Trinajstić information content (AvgIpc) is 3.28. The summed E-state index contributed by atoms with van der Waals surface area (Å²) in [5.74, 6) is 1.21. The molecule has 2 saturated heterocycles. The summed E-state index contributed by atoms with van der Waals surface area (Å²) in [6.45, 7) is 7.09. The average molecular weight is 472 g/mol. The smallest absolute Gasteiger partial charge is 0.228 e. The summed E-state index contributed by atoms with van der Waals surface area (Å²) in [7, 11) is 0. The third kappa shape index (κ3) is 4.94. The topological polar surface area (TPSA) is 94.6 Å². The number of aryl methyl sites for hydroxylation is 2. The molecular weight excluding hydrogens is 442 g/mol. The van der Waals surface area contributed by atoms with E-state index in [0.717, 1.165) is 22.8 Å². The van der Waals surface area contributed by atoms with Crippen LogP contribution in [-0.2, 0) is 9.59 Å². The molecule has 2 fully saturated rings. The standard InChI is InChI=1S/C26H29N7O2/c1-18-5-6-22(14-19(18)2)33-17-20(15-25(33)34)26(35)32-12-10-31(11-13-32)24-8-7-23(29-30-24)28-21-4-3-9-27-16-21/h3-9,14,16,20H,10-13,15,17H2,1-2H3,(H,28,29). The molecule has 2 aliphatic heterocycles. The van der Waals surface area contributed by atoms with E-state index in [0.29, 0.717) is 38.5 Å². The third-order valence-corrected chi connectivity index (χ3v) is 6.78. The number of nitrogens with one attached hydrogen (secondary N) is 1. The van der Waals surface area contributed by atoms with Crippen molar-refractivity contribution in [2.75, 3.05) is 47.8 Å². The molecule has 9 heteroatoms. The van der Waals surface area contributed by atoms with Gasteiger partial charge in [-0.1, -0.05) is 6.07 Å². The molecule has 2 amide bonds. The number of aromatic nitrogens is 3. The molecule has 0 spiro atoms. The molecule has 35 heavy (non-hydrogen) atoms. The number of hydrogen-bond acceptors (Lipinski definition) is 7. The Morgan fingerprint density at radius 1 is 1.00 bits per heavy atom. The second-order valence-corrected chi connectivity index (χ2v) is 9.13. The van der Waals surface area contributed by atoms with Crippen LogP contribution in [0.2, 0.25) is 0 Å². The van der Waals surface area contributed by atoms with E-state index >= 15 is 0 Å². The fourth-order valence-electron chi connectivity index (χ4n) is 4.58. The molecule has 5 rings (SSSR count). The number of piperazine rings is 1. The van der Waals surface area contributed by atoms with Crippen LogP contribution in [0.15, 0.2) is 54.9 Å². The van der Waals surface area contributed by atoms with Gasteiger partial charge in [0, 0.05) is 51.0 Å². The first-order chi connectivity index (χ1) is 17.0. The Morgan fingerprint density at radius 3 is 2.51 bits per heavy atom. The number of rotatable bonds is 5. The predicted octanol–water partition coefficient (Wildman–Crippen LogP) is 2.93.